The summed E-state index contributed by atoms with van der Waals surface area (Å²) in [5.41, 5.74) is 1.45. The molecular formula is C13H24ClN5O. The van der Waals surface area contributed by atoms with Crippen LogP contribution in [0.25, 0.3) is 0 Å². The molecule has 0 aliphatic carbocycles. The van der Waals surface area contributed by atoms with Crippen LogP contribution in [0.15, 0.2) is 6.20 Å². The maximum atomic E-state index is 11.9. The number of piperazine rings is 1. The van der Waals surface area contributed by atoms with Gasteiger partial charge in [-0.25, -0.2) is 0 Å². The molecule has 20 heavy (non-hydrogen) atoms. The van der Waals surface area contributed by atoms with E-state index in [0.29, 0.717) is 5.56 Å². The highest BCUT2D eigenvalue weighted by molar-refractivity contribution is 5.94. The highest BCUT2D eigenvalue weighted by Crippen LogP contribution is 2.04. The van der Waals surface area contributed by atoms with Crippen LogP contribution in [0.5, 0.6) is 0 Å². The molecule has 2 heterocycles. The van der Waals surface area contributed by atoms with Crippen LogP contribution in [-0.4, -0.2) is 59.9 Å². The molecule has 1 aliphatic heterocycles. The Morgan fingerprint density at radius 3 is 2.75 bits per heavy atom. The largest absolute Gasteiger partial charge is 0.352 e. The number of aromatic nitrogens is 2. The zero-order chi connectivity index (χ0) is 13.7. The summed E-state index contributed by atoms with van der Waals surface area (Å²) in [6.45, 7) is 7.98. The van der Waals surface area contributed by atoms with E-state index >= 15 is 0 Å². The molecule has 1 fully saturated rings. The standard InChI is InChI=1S/C13H23N5O.ClH/c1-11-12(10-17(2)16-11)13(19)15-4-3-7-18-8-5-14-6-9-18;/h10,14H,3-9H2,1-2H3,(H,15,19);1H. The van der Waals surface area contributed by atoms with Gasteiger partial charge in [0.1, 0.15) is 0 Å². The molecule has 0 spiro atoms. The van der Waals surface area contributed by atoms with Crippen molar-refractivity contribution >= 4 is 18.3 Å². The first-order chi connectivity index (χ1) is 9.16. The summed E-state index contributed by atoms with van der Waals surface area (Å²) >= 11 is 0. The average Bonchev–Trinajstić information content (AvgIpc) is 2.75. The number of nitrogens with zero attached hydrogens (tertiary/aromatic N) is 3. The van der Waals surface area contributed by atoms with E-state index in [-0.39, 0.29) is 18.3 Å². The third-order valence-corrected chi connectivity index (χ3v) is 3.40. The summed E-state index contributed by atoms with van der Waals surface area (Å²) < 4.78 is 1.67. The van der Waals surface area contributed by atoms with Crippen LogP contribution in [-0.2, 0) is 7.05 Å². The van der Waals surface area contributed by atoms with E-state index in [2.05, 4.69) is 20.6 Å². The Hall–Kier alpha value is -1.11. The van der Waals surface area contributed by atoms with Crippen LogP contribution in [0.3, 0.4) is 0 Å². The van der Waals surface area contributed by atoms with Crippen LogP contribution >= 0.6 is 12.4 Å². The van der Waals surface area contributed by atoms with Crippen molar-refractivity contribution in [3.8, 4) is 0 Å². The summed E-state index contributed by atoms with van der Waals surface area (Å²) in [5, 5.41) is 10.5. The quantitative estimate of drug-likeness (QED) is 0.762. The van der Waals surface area contributed by atoms with Crippen LogP contribution in [0.1, 0.15) is 22.5 Å². The number of nitrogens with one attached hydrogen (secondary N) is 2. The lowest BCUT2D eigenvalue weighted by atomic mass is 10.2. The monoisotopic (exact) mass is 301 g/mol. The van der Waals surface area contributed by atoms with Crippen molar-refractivity contribution in [2.24, 2.45) is 7.05 Å². The third-order valence-electron chi connectivity index (χ3n) is 3.40. The fourth-order valence-corrected chi connectivity index (χ4v) is 2.36. The first kappa shape index (κ1) is 16.9. The van der Waals surface area contributed by atoms with E-state index in [0.717, 1.165) is 51.4 Å². The van der Waals surface area contributed by atoms with E-state index in [9.17, 15) is 4.79 Å². The van der Waals surface area contributed by atoms with Gasteiger partial charge in [-0.3, -0.25) is 9.48 Å². The number of amides is 1. The third kappa shape index (κ3) is 4.77. The van der Waals surface area contributed by atoms with Crippen molar-refractivity contribution < 1.29 is 4.79 Å². The van der Waals surface area contributed by atoms with Gasteiger partial charge >= 0.3 is 0 Å². The first-order valence-corrected chi connectivity index (χ1v) is 6.88. The molecule has 0 unspecified atom stereocenters. The molecule has 6 nitrogen and oxygen atoms in total. The van der Waals surface area contributed by atoms with Crippen LogP contribution in [0, 0.1) is 6.92 Å². The normalized spacial score (nSPS) is 15.7. The summed E-state index contributed by atoms with van der Waals surface area (Å²) in [7, 11) is 1.83. The number of hydrogen-bond donors (Lipinski definition) is 2. The molecule has 0 aromatic carbocycles. The van der Waals surface area contributed by atoms with Crippen LogP contribution < -0.4 is 10.6 Å². The van der Waals surface area contributed by atoms with E-state index in [1.807, 2.05) is 14.0 Å². The second-order valence-corrected chi connectivity index (χ2v) is 5.00. The Kier molecular flexibility index (Phi) is 6.98. The Morgan fingerprint density at radius 2 is 2.15 bits per heavy atom. The lowest BCUT2D eigenvalue weighted by Gasteiger charge is -2.27. The van der Waals surface area contributed by atoms with Gasteiger partial charge in [0.25, 0.3) is 5.91 Å². The van der Waals surface area contributed by atoms with Gasteiger partial charge in [0, 0.05) is 46.0 Å². The van der Waals surface area contributed by atoms with Gasteiger partial charge in [0.2, 0.25) is 0 Å². The first-order valence-electron chi connectivity index (χ1n) is 6.88. The smallest absolute Gasteiger partial charge is 0.254 e. The minimum atomic E-state index is -0.0223. The zero-order valence-corrected chi connectivity index (χ0v) is 13.0. The molecular weight excluding hydrogens is 278 g/mol. The lowest BCUT2D eigenvalue weighted by molar-refractivity contribution is 0.0950. The summed E-state index contributed by atoms with van der Waals surface area (Å²) in [6.07, 6.45) is 2.76. The van der Waals surface area contributed by atoms with Crippen molar-refractivity contribution in [1.29, 1.82) is 0 Å². The molecule has 2 N–H and O–H groups in total. The number of carbonyl (C=O) groups is 1. The molecule has 0 bridgehead atoms. The molecule has 0 atom stereocenters. The molecule has 1 amide bonds. The van der Waals surface area contributed by atoms with Crippen molar-refractivity contribution in [2.45, 2.75) is 13.3 Å². The highest BCUT2D eigenvalue weighted by atomic mass is 35.5. The second-order valence-electron chi connectivity index (χ2n) is 5.00. The minimum Gasteiger partial charge on any atom is -0.352 e. The summed E-state index contributed by atoms with van der Waals surface area (Å²) in [4.78, 5) is 14.4. The van der Waals surface area contributed by atoms with Gasteiger partial charge < -0.3 is 15.5 Å². The van der Waals surface area contributed by atoms with Crippen molar-refractivity contribution in [3.63, 3.8) is 0 Å². The highest BCUT2D eigenvalue weighted by Gasteiger charge is 2.12. The van der Waals surface area contributed by atoms with Gasteiger partial charge in [-0.1, -0.05) is 0 Å². The summed E-state index contributed by atoms with van der Waals surface area (Å²) in [6, 6.07) is 0. The molecule has 1 aromatic heterocycles. The molecule has 114 valence electrons. The number of rotatable bonds is 5. The fraction of sp³-hybridized carbons (Fsp3) is 0.692. The molecule has 0 saturated carbocycles. The van der Waals surface area contributed by atoms with Crippen molar-refractivity contribution in [3.05, 3.63) is 17.5 Å². The molecule has 0 radical (unpaired) electrons. The Bertz CT molecular complexity index is 428. The van der Waals surface area contributed by atoms with E-state index in [1.165, 1.54) is 0 Å². The summed E-state index contributed by atoms with van der Waals surface area (Å²) in [5.74, 6) is -0.0223. The van der Waals surface area contributed by atoms with Gasteiger partial charge in [-0.2, -0.15) is 5.10 Å². The number of hydrogen-bond acceptors (Lipinski definition) is 4. The topological polar surface area (TPSA) is 62.2 Å². The number of carbonyl (C=O) groups excluding carboxylic acids is 1. The van der Waals surface area contributed by atoms with Crippen LogP contribution in [0.4, 0.5) is 0 Å². The maximum Gasteiger partial charge on any atom is 0.254 e. The number of halogens is 1. The van der Waals surface area contributed by atoms with Gasteiger partial charge in [-0.05, 0) is 19.9 Å². The van der Waals surface area contributed by atoms with Crippen molar-refractivity contribution in [2.75, 3.05) is 39.3 Å². The minimum absolute atomic E-state index is 0. The zero-order valence-electron chi connectivity index (χ0n) is 12.2. The van der Waals surface area contributed by atoms with Crippen LogP contribution in [0.2, 0.25) is 0 Å². The predicted octanol–water partition coefficient (Wildman–Crippen LogP) is 0.175. The van der Waals surface area contributed by atoms with Crippen molar-refractivity contribution in [1.82, 2.24) is 25.3 Å². The maximum absolute atomic E-state index is 11.9. The van der Waals surface area contributed by atoms with Gasteiger partial charge in [0.15, 0.2) is 0 Å². The molecule has 1 saturated heterocycles. The average molecular weight is 302 g/mol. The van der Waals surface area contributed by atoms with E-state index in [1.54, 1.807) is 10.9 Å². The molecule has 7 heteroatoms. The van der Waals surface area contributed by atoms with Gasteiger partial charge in [-0.15, -0.1) is 12.4 Å². The second kappa shape index (κ2) is 8.24. The number of aryl methyl sites for hydroxylation is 2. The SMILES string of the molecule is Cc1nn(C)cc1C(=O)NCCCN1CCNCC1.Cl. The Morgan fingerprint density at radius 1 is 1.45 bits per heavy atom. The predicted molar refractivity (Wildman–Crippen MR) is 81.5 cm³/mol. The molecule has 2 rings (SSSR count). The van der Waals surface area contributed by atoms with Gasteiger partial charge in [0.05, 0.1) is 11.3 Å². The lowest BCUT2D eigenvalue weighted by Crippen LogP contribution is -2.44. The molecule has 1 aromatic rings. The Balaban J connectivity index is 0.00000200. The Labute approximate surface area is 126 Å². The fourth-order valence-electron chi connectivity index (χ4n) is 2.36. The van der Waals surface area contributed by atoms with E-state index in [4.69, 9.17) is 0 Å². The molecule has 1 aliphatic rings. The van der Waals surface area contributed by atoms with E-state index < -0.39 is 0 Å².